The monoisotopic (exact) mass is 285 g/mol. The summed E-state index contributed by atoms with van der Waals surface area (Å²) < 4.78 is 26.3. The first-order valence-electron chi connectivity index (χ1n) is 6.24. The minimum absolute atomic E-state index is 0.0112. The molecule has 19 heavy (non-hydrogen) atoms. The highest BCUT2D eigenvalue weighted by molar-refractivity contribution is 7.89. The maximum atomic E-state index is 12.5. The van der Waals surface area contributed by atoms with E-state index in [1.54, 1.807) is 19.9 Å². The van der Waals surface area contributed by atoms with Gasteiger partial charge >= 0.3 is 5.97 Å². The smallest absolute Gasteiger partial charge is 0.335 e. The molecule has 0 aliphatic rings. The second-order valence-electron chi connectivity index (χ2n) is 4.07. The largest absolute Gasteiger partial charge is 0.478 e. The summed E-state index contributed by atoms with van der Waals surface area (Å²) in [6.07, 6.45) is 0.537. The summed E-state index contributed by atoms with van der Waals surface area (Å²) >= 11 is 0. The van der Waals surface area contributed by atoms with Gasteiger partial charge in [0.1, 0.15) is 0 Å². The van der Waals surface area contributed by atoms with Crippen LogP contribution in [-0.2, 0) is 16.4 Å². The van der Waals surface area contributed by atoms with Crippen LogP contribution in [0, 0.1) is 0 Å². The van der Waals surface area contributed by atoms with Crippen LogP contribution in [0.15, 0.2) is 23.1 Å². The molecule has 5 nitrogen and oxygen atoms in total. The number of hydrogen-bond acceptors (Lipinski definition) is 3. The number of carbonyl (C=O) groups is 1. The second kappa shape index (κ2) is 6.16. The molecule has 0 amide bonds. The Hall–Kier alpha value is -1.40. The number of hydrogen-bond donors (Lipinski definition) is 1. The Morgan fingerprint density at radius 2 is 1.79 bits per heavy atom. The van der Waals surface area contributed by atoms with Crippen molar-refractivity contribution in [1.29, 1.82) is 0 Å². The molecule has 0 fully saturated rings. The highest BCUT2D eigenvalue weighted by atomic mass is 32.2. The molecule has 1 aromatic rings. The van der Waals surface area contributed by atoms with E-state index in [2.05, 4.69) is 0 Å². The fraction of sp³-hybridized carbons (Fsp3) is 0.462. The maximum Gasteiger partial charge on any atom is 0.335 e. The van der Waals surface area contributed by atoms with Crippen molar-refractivity contribution >= 4 is 16.0 Å². The Morgan fingerprint density at radius 3 is 2.21 bits per heavy atom. The van der Waals surface area contributed by atoms with Crippen LogP contribution in [0.3, 0.4) is 0 Å². The lowest BCUT2D eigenvalue weighted by Gasteiger charge is -2.20. The molecule has 0 bridgehead atoms. The number of benzene rings is 1. The fourth-order valence-electron chi connectivity index (χ4n) is 1.92. The Kier molecular flexibility index (Phi) is 5.08. The van der Waals surface area contributed by atoms with E-state index in [-0.39, 0.29) is 10.5 Å². The summed E-state index contributed by atoms with van der Waals surface area (Å²) in [5.74, 6) is -1.13. The van der Waals surface area contributed by atoms with E-state index in [0.717, 1.165) is 0 Å². The van der Waals surface area contributed by atoms with Crippen LogP contribution in [0.2, 0.25) is 0 Å². The third-order valence-electron chi connectivity index (χ3n) is 3.02. The van der Waals surface area contributed by atoms with Crippen molar-refractivity contribution in [3.05, 3.63) is 29.3 Å². The van der Waals surface area contributed by atoms with Crippen LogP contribution in [0.1, 0.15) is 36.7 Å². The highest BCUT2D eigenvalue weighted by Gasteiger charge is 2.25. The zero-order valence-corrected chi connectivity index (χ0v) is 12.2. The molecule has 0 atom stereocenters. The van der Waals surface area contributed by atoms with E-state index in [1.165, 1.54) is 16.4 Å². The second-order valence-corrected chi connectivity index (χ2v) is 5.98. The van der Waals surface area contributed by atoms with E-state index in [9.17, 15) is 13.2 Å². The molecule has 0 saturated heterocycles. The summed E-state index contributed by atoms with van der Waals surface area (Å²) in [4.78, 5) is 11.1. The predicted octanol–water partition coefficient (Wildman–Crippen LogP) is 1.98. The van der Waals surface area contributed by atoms with E-state index >= 15 is 0 Å². The molecule has 1 rings (SSSR count). The third kappa shape index (κ3) is 3.13. The molecule has 1 aromatic carbocycles. The molecule has 0 saturated carbocycles. The summed E-state index contributed by atoms with van der Waals surface area (Å²) in [6, 6.07) is 4.25. The van der Waals surface area contributed by atoms with Crippen LogP contribution in [0.5, 0.6) is 0 Å². The van der Waals surface area contributed by atoms with E-state index in [1.807, 2.05) is 6.92 Å². The van der Waals surface area contributed by atoms with Gasteiger partial charge in [0.15, 0.2) is 0 Å². The first-order valence-corrected chi connectivity index (χ1v) is 7.68. The average Bonchev–Trinajstić information content (AvgIpc) is 2.38. The quantitative estimate of drug-likeness (QED) is 0.867. The molecule has 6 heteroatoms. The van der Waals surface area contributed by atoms with E-state index in [0.29, 0.717) is 25.1 Å². The number of carboxylic acid groups (broad SMARTS) is 1. The summed E-state index contributed by atoms with van der Waals surface area (Å²) in [5.41, 5.74) is 0.625. The van der Waals surface area contributed by atoms with Crippen molar-refractivity contribution in [2.24, 2.45) is 0 Å². The van der Waals surface area contributed by atoms with Crippen LogP contribution < -0.4 is 0 Å². The minimum Gasteiger partial charge on any atom is -0.478 e. The summed E-state index contributed by atoms with van der Waals surface area (Å²) in [5, 5.41) is 8.98. The van der Waals surface area contributed by atoms with Crippen molar-refractivity contribution in [2.45, 2.75) is 32.1 Å². The minimum atomic E-state index is -3.63. The third-order valence-corrected chi connectivity index (χ3v) is 5.15. The van der Waals surface area contributed by atoms with Crippen LogP contribution in [-0.4, -0.2) is 36.9 Å². The lowest BCUT2D eigenvalue weighted by Crippen LogP contribution is -2.31. The fourth-order valence-corrected chi connectivity index (χ4v) is 3.70. The van der Waals surface area contributed by atoms with Gasteiger partial charge in [-0.2, -0.15) is 4.31 Å². The van der Waals surface area contributed by atoms with Gasteiger partial charge < -0.3 is 5.11 Å². The van der Waals surface area contributed by atoms with Crippen molar-refractivity contribution in [2.75, 3.05) is 13.1 Å². The molecule has 106 valence electrons. The zero-order valence-electron chi connectivity index (χ0n) is 11.4. The molecular formula is C13H19NO4S. The topological polar surface area (TPSA) is 74.7 Å². The molecule has 0 heterocycles. The van der Waals surface area contributed by atoms with Gasteiger partial charge in [0.05, 0.1) is 10.5 Å². The number of nitrogens with zero attached hydrogens (tertiary/aromatic N) is 1. The van der Waals surface area contributed by atoms with Crippen molar-refractivity contribution in [3.8, 4) is 0 Å². The molecule has 0 aliphatic heterocycles. The number of aromatic carboxylic acids is 1. The Bertz CT molecular complexity index is 562. The molecule has 1 N–H and O–H groups in total. The number of rotatable bonds is 6. The number of carboxylic acids is 1. The molecule has 0 aromatic heterocycles. The van der Waals surface area contributed by atoms with E-state index in [4.69, 9.17) is 5.11 Å². The van der Waals surface area contributed by atoms with Gasteiger partial charge in [0.2, 0.25) is 10.0 Å². The molecule has 0 radical (unpaired) electrons. The van der Waals surface area contributed by atoms with Crippen molar-refractivity contribution < 1.29 is 18.3 Å². The van der Waals surface area contributed by atoms with Gasteiger partial charge in [-0.25, -0.2) is 13.2 Å². The van der Waals surface area contributed by atoms with Crippen LogP contribution in [0.4, 0.5) is 0 Å². The molecular weight excluding hydrogens is 266 g/mol. The van der Waals surface area contributed by atoms with Crippen molar-refractivity contribution in [1.82, 2.24) is 4.31 Å². The standard InChI is InChI=1S/C13H19NO4S/c1-4-10-7-8-11(13(15)16)9-12(10)19(17,18)14(5-2)6-3/h7-9H,4-6H2,1-3H3,(H,15,16). The lowest BCUT2D eigenvalue weighted by molar-refractivity contribution is 0.0696. The van der Waals surface area contributed by atoms with Crippen molar-refractivity contribution in [3.63, 3.8) is 0 Å². The Morgan fingerprint density at radius 1 is 1.21 bits per heavy atom. The van der Waals surface area contributed by atoms with Crippen LogP contribution in [0.25, 0.3) is 0 Å². The van der Waals surface area contributed by atoms with Gasteiger partial charge in [-0.3, -0.25) is 0 Å². The van der Waals surface area contributed by atoms with Gasteiger partial charge in [-0.05, 0) is 24.1 Å². The number of aryl methyl sites for hydroxylation is 1. The van der Waals surface area contributed by atoms with Gasteiger partial charge in [0, 0.05) is 13.1 Å². The summed E-state index contributed by atoms with van der Waals surface area (Å²) in [7, 11) is -3.63. The first kappa shape index (κ1) is 15.7. The van der Waals surface area contributed by atoms with E-state index < -0.39 is 16.0 Å². The SMILES string of the molecule is CCc1ccc(C(=O)O)cc1S(=O)(=O)N(CC)CC. The molecule has 0 aliphatic carbocycles. The molecule has 0 spiro atoms. The highest BCUT2D eigenvalue weighted by Crippen LogP contribution is 2.22. The van der Waals surface area contributed by atoms with Crippen LogP contribution >= 0.6 is 0 Å². The van der Waals surface area contributed by atoms with Gasteiger partial charge in [0.25, 0.3) is 0 Å². The van der Waals surface area contributed by atoms with Gasteiger partial charge in [-0.1, -0.05) is 26.8 Å². The predicted molar refractivity (Wildman–Crippen MR) is 72.9 cm³/mol. The average molecular weight is 285 g/mol. The zero-order chi connectivity index (χ0) is 14.6. The number of sulfonamides is 1. The summed E-state index contributed by atoms with van der Waals surface area (Å²) in [6.45, 7) is 6.08. The maximum absolute atomic E-state index is 12.5. The Balaban J connectivity index is 3.46. The lowest BCUT2D eigenvalue weighted by atomic mass is 10.1. The first-order chi connectivity index (χ1) is 8.88. The Labute approximate surface area is 113 Å². The normalized spacial score (nSPS) is 11.8. The molecule has 0 unspecified atom stereocenters. The van der Waals surface area contributed by atoms with Gasteiger partial charge in [-0.15, -0.1) is 0 Å².